The SMILES string of the molecule is CC(C)N1CCC(C(=O)Nc2cccnc2C(=O)Nc2ccc(Cl)cn2)CC1.Cl. The molecule has 1 aliphatic rings. The van der Waals surface area contributed by atoms with Crippen molar-refractivity contribution >= 4 is 47.3 Å². The van der Waals surface area contributed by atoms with E-state index in [-0.39, 0.29) is 29.9 Å². The van der Waals surface area contributed by atoms with Crippen LogP contribution >= 0.6 is 24.0 Å². The van der Waals surface area contributed by atoms with Crippen LogP contribution in [0.25, 0.3) is 0 Å². The predicted octanol–water partition coefficient (Wildman–Crippen LogP) is 3.86. The van der Waals surface area contributed by atoms with Crippen LogP contribution in [-0.4, -0.2) is 45.8 Å². The number of aromatic nitrogens is 2. The summed E-state index contributed by atoms with van der Waals surface area (Å²) in [5.74, 6) is -0.224. The Morgan fingerprint density at radius 1 is 1.14 bits per heavy atom. The Morgan fingerprint density at radius 3 is 2.48 bits per heavy atom. The summed E-state index contributed by atoms with van der Waals surface area (Å²) in [6.45, 7) is 6.13. The van der Waals surface area contributed by atoms with E-state index in [1.54, 1.807) is 24.3 Å². The average molecular weight is 438 g/mol. The van der Waals surface area contributed by atoms with E-state index in [9.17, 15) is 9.59 Å². The Hall–Kier alpha value is -2.22. The molecule has 1 saturated heterocycles. The fraction of sp³-hybridized carbons (Fsp3) is 0.400. The fourth-order valence-electron chi connectivity index (χ4n) is 3.23. The molecular formula is C20H25Cl2N5O2. The van der Waals surface area contributed by atoms with E-state index in [0.29, 0.717) is 22.6 Å². The molecule has 0 spiro atoms. The third kappa shape index (κ3) is 6.13. The van der Waals surface area contributed by atoms with Crippen LogP contribution in [0.3, 0.4) is 0 Å². The second-order valence-corrected chi connectivity index (χ2v) is 7.55. The van der Waals surface area contributed by atoms with Crippen LogP contribution in [0.4, 0.5) is 11.5 Å². The number of carbonyl (C=O) groups is 2. The third-order valence-corrected chi connectivity index (χ3v) is 5.10. The van der Waals surface area contributed by atoms with Gasteiger partial charge in [0.2, 0.25) is 5.91 Å². The average Bonchev–Trinajstić information content (AvgIpc) is 2.70. The van der Waals surface area contributed by atoms with Crippen molar-refractivity contribution in [3.05, 3.63) is 47.4 Å². The molecule has 2 aromatic rings. The van der Waals surface area contributed by atoms with Crippen molar-refractivity contribution in [3.8, 4) is 0 Å². The number of nitrogens with zero attached hydrogens (tertiary/aromatic N) is 3. The highest BCUT2D eigenvalue weighted by molar-refractivity contribution is 6.30. The van der Waals surface area contributed by atoms with E-state index in [1.165, 1.54) is 12.4 Å². The summed E-state index contributed by atoms with van der Waals surface area (Å²) < 4.78 is 0. The molecule has 1 aliphatic heterocycles. The van der Waals surface area contributed by atoms with Crippen molar-refractivity contribution in [1.82, 2.24) is 14.9 Å². The van der Waals surface area contributed by atoms with Gasteiger partial charge in [-0.1, -0.05) is 11.6 Å². The van der Waals surface area contributed by atoms with Crippen molar-refractivity contribution in [1.29, 1.82) is 0 Å². The van der Waals surface area contributed by atoms with Crippen LogP contribution < -0.4 is 10.6 Å². The molecule has 2 aromatic heterocycles. The normalized spacial score (nSPS) is 14.9. The molecule has 0 atom stereocenters. The van der Waals surface area contributed by atoms with Gasteiger partial charge in [-0.25, -0.2) is 9.97 Å². The van der Waals surface area contributed by atoms with Crippen molar-refractivity contribution in [3.63, 3.8) is 0 Å². The minimum absolute atomic E-state index is 0. The van der Waals surface area contributed by atoms with E-state index in [4.69, 9.17) is 11.6 Å². The van der Waals surface area contributed by atoms with Crippen molar-refractivity contribution in [2.45, 2.75) is 32.7 Å². The molecule has 0 saturated carbocycles. The molecule has 29 heavy (non-hydrogen) atoms. The van der Waals surface area contributed by atoms with Crippen LogP contribution in [0.2, 0.25) is 5.02 Å². The number of hydrogen-bond acceptors (Lipinski definition) is 5. The minimum Gasteiger partial charge on any atom is -0.324 e. The molecule has 3 heterocycles. The molecular weight excluding hydrogens is 413 g/mol. The first kappa shape index (κ1) is 23.1. The van der Waals surface area contributed by atoms with Crippen LogP contribution in [-0.2, 0) is 4.79 Å². The summed E-state index contributed by atoms with van der Waals surface area (Å²) in [5, 5.41) is 6.02. The van der Waals surface area contributed by atoms with Gasteiger partial charge in [0.25, 0.3) is 5.91 Å². The molecule has 0 aromatic carbocycles. The highest BCUT2D eigenvalue weighted by Crippen LogP contribution is 2.22. The van der Waals surface area contributed by atoms with Crippen molar-refractivity contribution in [2.24, 2.45) is 5.92 Å². The van der Waals surface area contributed by atoms with Gasteiger partial charge in [-0.3, -0.25) is 9.59 Å². The lowest BCUT2D eigenvalue weighted by molar-refractivity contribution is -0.121. The van der Waals surface area contributed by atoms with E-state index in [0.717, 1.165) is 25.9 Å². The van der Waals surface area contributed by atoms with Gasteiger partial charge >= 0.3 is 0 Å². The Bertz CT molecular complexity index is 837. The number of amides is 2. The second-order valence-electron chi connectivity index (χ2n) is 7.11. The first-order chi connectivity index (χ1) is 13.4. The second kappa shape index (κ2) is 10.5. The van der Waals surface area contributed by atoms with Crippen LogP contribution in [0.15, 0.2) is 36.7 Å². The Labute approximate surface area is 181 Å². The molecule has 0 aliphatic carbocycles. The van der Waals surface area contributed by atoms with Gasteiger partial charge in [0, 0.05) is 24.4 Å². The highest BCUT2D eigenvalue weighted by atomic mass is 35.5. The van der Waals surface area contributed by atoms with Crippen LogP contribution in [0, 0.1) is 5.92 Å². The molecule has 2 amide bonds. The van der Waals surface area contributed by atoms with Gasteiger partial charge in [-0.15, -0.1) is 12.4 Å². The predicted molar refractivity (Wildman–Crippen MR) is 117 cm³/mol. The lowest BCUT2D eigenvalue weighted by Gasteiger charge is -2.34. The maximum absolute atomic E-state index is 12.7. The third-order valence-electron chi connectivity index (χ3n) is 4.88. The maximum atomic E-state index is 12.7. The van der Waals surface area contributed by atoms with Crippen molar-refractivity contribution in [2.75, 3.05) is 23.7 Å². The largest absolute Gasteiger partial charge is 0.324 e. The van der Waals surface area contributed by atoms with Gasteiger partial charge in [-0.05, 0) is 64.0 Å². The zero-order valence-corrected chi connectivity index (χ0v) is 18.0. The van der Waals surface area contributed by atoms with E-state index < -0.39 is 5.91 Å². The first-order valence-electron chi connectivity index (χ1n) is 9.37. The van der Waals surface area contributed by atoms with Gasteiger partial charge in [0.1, 0.15) is 5.82 Å². The zero-order chi connectivity index (χ0) is 20.1. The quantitative estimate of drug-likeness (QED) is 0.740. The van der Waals surface area contributed by atoms with Gasteiger partial charge < -0.3 is 15.5 Å². The molecule has 2 N–H and O–H groups in total. The highest BCUT2D eigenvalue weighted by Gasteiger charge is 2.27. The summed E-state index contributed by atoms with van der Waals surface area (Å²) in [7, 11) is 0. The smallest absolute Gasteiger partial charge is 0.277 e. The number of piperidine rings is 1. The minimum atomic E-state index is -0.444. The number of halogens is 2. The van der Waals surface area contributed by atoms with E-state index in [1.807, 2.05) is 0 Å². The fourth-order valence-corrected chi connectivity index (χ4v) is 3.34. The maximum Gasteiger partial charge on any atom is 0.277 e. The summed E-state index contributed by atoms with van der Waals surface area (Å²) in [6, 6.07) is 7.09. The van der Waals surface area contributed by atoms with Gasteiger partial charge in [0.05, 0.1) is 10.7 Å². The topological polar surface area (TPSA) is 87.2 Å². The standard InChI is InChI=1S/C20H24ClN5O2.ClH/c1-13(2)26-10-7-14(8-11-26)19(27)24-16-4-3-9-22-18(16)20(28)25-17-6-5-15(21)12-23-17;/h3-6,9,12-14H,7-8,10-11H2,1-2H3,(H,24,27)(H,23,25,28);1H. The number of nitrogens with one attached hydrogen (secondary N) is 2. The van der Waals surface area contributed by atoms with Crippen LogP contribution in [0.5, 0.6) is 0 Å². The molecule has 156 valence electrons. The van der Waals surface area contributed by atoms with Gasteiger partial charge in [0.15, 0.2) is 5.69 Å². The number of rotatable bonds is 5. The molecule has 3 rings (SSSR count). The molecule has 9 heteroatoms. The number of carbonyl (C=O) groups excluding carboxylic acids is 2. The molecule has 0 unspecified atom stereocenters. The number of hydrogen-bond donors (Lipinski definition) is 2. The Morgan fingerprint density at radius 2 is 1.86 bits per heavy atom. The van der Waals surface area contributed by atoms with E-state index >= 15 is 0 Å². The number of anilines is 2. The van der Waals surface area contributed by atoms with Gasteiger partial charge in [-0.2, -0.15) is 0 Å². The summed E-state index contributed by atoms with van der Waals surface area (Å²) in [4.78, 5) is 35.8. The van der Waals surface area contributed by atoms with Crippen molar-refractivity contribution < 1.29 is 9.59 Å². The first-order valence-corrected chi connectivity index (χ1v) is 9.74. The summed E-state index contributed by atoms with van der Waals surface area (Å²) >= 11 is 5.81. The zero-order valence-electron chi connectivity index (χ0n) is 16.4. The Kier molecular flexibility index (Phi) is 8.37. The number of likely N-dealkylation sites (tertiary alicyclic amines) is 1. The summed E-state index contributed by atoms with van der Waals surface area (Å²) in [6.07, 6.45) is 4.57. The molecule has 1 fully saturated rings. The monoisotopic (exact) mass is 437 g/mol. The van der Waals surface area contributed by atoms with E-state index in [2.05, 4.69) is 39.3 Å². The summed E-state index contributed by atoms with van der Waals surface area (Å²) in [5.41, 5.74) is 0.539. The molecule has 7 nitrogen and oxygen atoms in total. The Balaban J connectivity index is 0.00000300. The lowest BCUT2D eigenvalue weighted by Crippen LogP contribution is -2.41. The van der Waals surface area contributed by atoms with Crippen LogP contribution in [0.1, 0.15) is 37.2 Å². The molecule has 0 bridgehead atoms. The lowest BCUT2D eigenvalue weighted by atomic mass is 9.95. The molecule has 0 radical (unpaired) electrons. The number of pyridine rings is 2.